The number of aromatic nitrogens is 3. The van der Waals surface area contributed by atoms with Gasteiger partial charge < -0.3 is 14.8 Å². The van der Waals surface area contributed by atoms with E-state index >= 15 is 0 Å². The fourth-order valence-corrected chi connectivity index (χ4v) is 2.66. The number of carbonyl (C=O) groups is 1. The summed E-state index contributed by atoms with van der Waals surface area (Å²) in [6, 6.07) is 10.8. The molecular formula is C19H20N4O3. The van der Waals surface area contributed by atoms with Crippen molar-refractivity contribution in [1.29, 1.82) is 0 Å². The first-order valence-electron chi connectivity index (χ1n) is 8.06. The number of hydrogen-bond acceptors (Lipinski definition) is 5. The fraction of sp³-hybridized carbons (Fsp3) is 0.211. The van der Waals surface area contributed by atoms with Crippen LogP contribution in [0.1, 0.15) is 16.1 Å². The van der Waals surface area contributed by atoms with Gasteiger partial charge in [-0.1, -0.05) is 0 Å². The lowest BCUT2D eigenvalue weighted by Gasteiger charge is -2.09. The molecule has 26 heavy (non-hydrogen) atoms. The molecule has 134 valence electrons. The van der Waals surface area contributed by atoms with E-state index in [9.17, 15) is 4.79 Å². The van der Waals surface area contributed by atoms with Crippen molar-refractivity contribution in [3.63, 3.8) is 0 Å². The van der Waals surface area contributed by atoms with Crippen LogP contribution in [-0.4, -0.2) is 34.9 Å². The Balaban J connectivity index is 1.70. The molecule has 1 N–H and O–H groups in total. The van der Waals surface area contributed by atoms with E-state index in [-0.39, 0.29) is 5.91 Å². The van der Waals surface area contributed by atoms with Crippen LogP contribution in [0.2, 0.25) is 0 Å². The van der Waals surface area contributed by atoms with Crippen molar-refractivity contribution in [3.8, 4) is 22.8 Å². The van der Waals surface area contributed by atoms with Gasteiger partial charge in [0.1, 0.15) is 0 Å². The third-order valence-corrected chi connectivity index (χ3v) is 3.98. The number of amides is 1. The van der Waals surface area contributed by atoms with Crippen molar-refractivity contribution in [3.05, 3.63) is 60.0 Å². The van der Waals surface area contributed by atoms with Crippen molar-refractivity contribution in [2.45, 2.75) is 6.54 Å². The molecule has 0 unspecified atom stereocenters. The molecule has 7 heteroatoms. The molecular weight excluding hydrogens is 332 g/mol. The molecule has 0 atom stereocenters. The Morgan fingerprint density at radius 3 is 2.50 bits per heavy atom. The number of benzene rings is 1. The first kappa shape index (κ1) is 17.5. The lowest BCUT2D eigenvalue weighted by molar-refractivity contribution is 0.0950. The molecule has 0 aliphatic rings. The van der Waals surface area contributed by atoms with Crippen LogP contribution >= 0.6 is 0 Å². The van der Waals surface area contributed by atoms with Crippen LogP contribution in [0.15, 0.2) is 48.8 Å². The Labute approximate surface area is 151 Å². The van der Waals surface area contributed by atoms with Gasteiger partial charge in [0.05, 0.1) is 32.2 Å². The predicted octanol–water partition coefficient (Wildman–Crippen LogP) is 2.43. The largest absolute Gasteiger partial charge is 0.493 e. The number of carbonyl (C=O) groups excluding carboxylic acids is 1. The molecule has 0 saturated heterocycles. The molecule has 3 rings (SSSR count). The molecule has 0 aliphatic carbocycles. The Morgan fingerprint density at radius 2 is 1.81 bits per heavy atom. The summed E-state index contributed by atoms with van der Waals surface area (Å²) < 4.78 is 12.2. The summed E-state index contributed by atoms with van der Waals surface area (Å²) in [6.07, 6.45) is 3.47. The van der Waals surface area contributed by atoms with E-state index in [4.69, 9.17) is 9.47 Å². The van der Waals surface area contributed by atoms with Crippen LogP contribution in [0.25, 0.3) is 11.3 Å². The van der Waals surface area contributed by atoms with Crippen molar-refractivity contribution >= 4 is 5.91 Å². The minimum absolute atomic E-state index is 0.206. The highest BCUT2D eigenvalue weighted by Gasteiger charge is 2.12. The van der Waals surface area contributed by atoms with Crippen LogP contribution in [0, 0.1) is 0 Å². The predicted molar refractivity (Wildman–Crippen MR) is 97.2 cm³/mol. The smallest absolute Gasteiger partial charge is 0.251 e. The highest BCUT2D eigenvalue weighted by atomic mass is 16.5. The van der Waals surface area contributed by atoms with Crippen molar-refractivity contribution in [2.24, 2.45) is 7.05 Å². The van der Waals surface area contributed by atoms with Gasteiger partial charge in [-0.3, -0.25) is 14.5 Å². The Kier molecular flexibility index (Phi) is 5.17. The molecule has 0 spiro atoms. The van der Waals surface area contributed by atoms with Gasteiger partial charge in [0.15, 0.2) is 11.5 Å². The van der Waals surface area contributed by atoms with Crippen molar-refractivity contribution in [2.75, 3.05) is 14.2 Å². The van der Waals surface area contributed by atoms with E-state index in [1.807, 2.05) is 25.2 Å². The van der Waals surface area contributed by atoms with Crippen molar-refractivity contribution < 1.29 is 14.3 Å². The fourth-order valence-electron chi connectivity index (χ4n) is 2.66. The topological polar surface area (TPSA) is 78.3 Å². The van der Waals surface area contributed by atoms with Gasteiger partial charge in [0.2, 0.25) is 0 Å². The minimum Gasteiger partial charge on any atom is -0.493 e. The van der Waals surface area contributed by atoms with Gasteiger partial charge in [-0.05, 0) is 36.4 Å². The van der Waals surface area contributed by atoms with Crippen LogP contribution in [-0.2, 0) is 13.6 Å². The zero-order chi connectivity index (χ0) is 18.5. The number of rotatable bonds is 6. The molecule has 2 heterocycles. The van der Waals surface area contributed by atoms with Crippen molar-refractivity contribution in [1.82, 2.24) is 20.1 Å². The zero-order valence-electron chi connectivity index (χ0n) is 14.9. The van der Waals surface area contributed by atoms with Gasteiger partial charge in [0, 0.05) is 30.6 Å². The second-order valence-electron chi connectivity index (χ2n) is 5.63. The van der Waals surface area contributed by atoms with Crippen LogP contribution in [0.5, 0.6) is 11.5 Å². The molecule has 0 fully saturated rings. The monoisotopic (exact) mass is 352 g/mol. The van der Waals surface area contributed by atoms with E-state index in [1.54, 1.807) is 42.4 Å². The summed E-state index contributed by atoms with van der Waals surface area (Å²) in [4.78, 5) is 16.4. The summed E-state index contributed by atoms with van der Waals surface area (Å²) in [6.45, 7) is 0.325. The number of ether oxygens (including phenoxy) is 2. The number of nitrogens with one attached hydrogen (secondary N) is 1. The second kappa shape index (κ2) is 7.69. The molecule has 7 nitrogen and oxygen atoms in total. The quantitative estimate of drug-likeness (QED) is 0.737. The van der Waals surface area contributed by atoms with Gasteiger partial charge in [-0.15, -0.1) is 0 Å². The van der Waals surface area contributed by atoms with Gasteiger partial charge in [-0.25, -0.2) is 0 Å². The molecule has 0 saturated carbocycles. The lowest BCUT2D eigenvalue weighted by atomic mass is 10.1. The van der Waals surface area contributed by atoms with Gasteiger partial charge in [-0.2, -0.15) is 5.10 Å². The molecule has 0 radical (unpaired) electrons. The molecule has 1 aromatic carbocycles. The van der Waals surface area contributed by atoms with Gasteiger partial charge >= 0.3 is 0 Å². The Bertz CT molecular complexity index is 906. The summed E-state index contributed by atoms with van der Waals surface area (Å²) in [5.41, 5.74) is 3.25. The summed E-state index contributed by atoms with van der Waals surface area (Å²) in [5, 5.41) is 7.32. The maximum absolute atomic E-state index is 12.4. The summed E-state index contributed by atoms with van der Waals surface area (Å²) in [7, 11) is 4.96. The SMILES string of the molecule is COc1ccc(C(=O)NCc2cc(-c3ccncc3)n(C)n2)cc1OC. The summed E-state index contributed by atoms with van der Waals surface area (Å²) >= 11 is 0. The number of nitrogens with zero attached hydrogens (tertiary/aromatic N) is 3. The van der Waals surface area contributed by atoms with E-state index in [1.165, 1.54) is 7.11 Å². The second-order valence-corrected chi connectivity index (χ2v) is 5.63. The minimum atomic E-state index is -0.206. The van der Waals surface area contributed by atoms with E-state index < -0.39 is 0 Å². The lowest BCUT2D eigenvalue weighted by Crippen LogP contribution is -2.23. The highest BCUT2D eigenvalue weighted by molar-refractivity contribution is 5.94. The normalized spacial score (nSPS) is 10.4. The first-order valence-corrected chi connectivity index (χ1v) is 8.06. The Morgan fingerprint density at radius 1 is 1.08 bits per heavy atom. The standard InChI is InChI=1S/C19H20N4O3/c1-23-16(13-6-8-20-9-7-13)11-15(22-23)12-21-19(24)14-4-5-17(25-2)18(10-14)26-3/h4-11H,12H2,1-3H3,(H,21,24). The number of methoxy groups -OCH3 is 2. The van der Waals surface area contributed by atoms with Crippen LogP contribution in [0.4, 0.5) is 0 Å². The maximum atomic E-state index is 12.4. The molecule has 0 bridgehead atoms. The van der Waals surface area contributed by atoms with E-state index in [0.717, 1.165) is 17.0 Å². The van der Waals surface area contributed by atoms with Crippen LogP contribution < -0.4 is 14.8 Å². The number of hydrogen-bond donors (Lipinski definition) is 1. The Hall–Kier alpha value is -3.35. The van der Waals surface area contributed by atoms with Crippen LogP contribution in [0.3, 0.4) is 0 Å². The first-order chi connectivity index (χ1) is 12.6. The molecule has 3 aromatic rings. The number of pyridine rings is 1. The van der Waals surface area contributed by atoms with Gasteiger partial charge in [0.25, 0.3) is 5.91 Å². The van der Waals surface area contributed by atoms with E-state index in [0.29, 0.717) is 23.6 Å². The highest BCUT2D eigenvalue weighted by Crippen LogP contribution is 2.27. The maximum Gasteiger partial charge on any atom is 0.251 e. The average Bonchev–Trinajstić information content (AvgIpc) is 3.06. The summed E-state index contributed by atoms with van der Waals surface area (Å²) in [5.74, 6) is 0.885. The molecule has 2 aromatic heterocycles. The average molecular weight is 352 g/mol. The number of aryl methyl sites for hydroxylation is 1. The third-order valence-electron chi connectivity index (χ3n) is 3.98. The third kappa shape index (κ3) is 3.66. The van der Waals surface area contributed by atoms with E-state index in [2.05, 4.69) is 15.4 Å². The molecule has 0 aliphatic heterocycles. The molecule has 1 amide bonds. The zero-order valence-corrected chi connectivity index (χ0v) is 14.9.